The van der Waals surface area contributed by atoms with Crippen LogP contribution in [0.25, 0.3) is 0 Å². The van der Waals surface area contributed by atoms with Crippen molar-refractivity contribution in [3.63, 3.8) is 0 Å². The zero-order valence-electron chi connectivity index (χ0n) is 9.24. The Morgan fingerprint density at radius 1 is 1.21 bits per heavy atom. The highest BCUT2D eigenvalue weighted by molar-refractivity contribution is 5.35. The molecule has 1 aromatic rings. The summed E-state index contributed by atoms with van der Waals surface area (Å²) < 4.78 is 5.15. The Hall–Kier alpha value is -1.02. The van der Waals surface area contributed by atoms with Crippen molar-refractivity contribution in [1.29, 1.82) is 0 Å². The molecule has 2 nitrogen and oxygen atoms in total. The molecular weight excluding hydrogens is 176 g/mol. The van der Waals surface area contributed by atoms with E-state index in [0.29, 0.717) is 0 Å². The fraction of sp³-hybridized carbons (Fsp3) is 0.500. The molecule has 0 radical (unpaired) electrons. The lowest BCUT2D eigenvalue weighted by Crippen LogP contribution is -2.05. The SMILES string of the molecule is COc1cc(C)cc(C(O)C(C)C)c1. The molecule has 0 bridgehead atoms. The summed E-state index contributed by atoms with van der Waals surface area (Å²) in [6, 6.07) is 5.83. The smallest absolute Gasteiger partial charge is 0.119 e. The van der Waals surface area contributed by atoms with Gasteiger partial charge in [-0.25, -0.2) is 0 Å². The van der Waals surface area contributed by atoms with Crippen LogP contribution in [0.2, 0.25) is 0 Å². The van der Waals surface area contributed by atoms with E-state index < -0.39 is 6.10 Å². The maximum atomic E-state index is 9.89. The third-order valence-corrected chi connectivity index (χ3v) is 2.28. The Balaban J connectivity index is 3.02. The van der Waals surface area contributed by atoms with Crippen molar-refractivity contribution < 1.29 is 9.84 Å². The van der Waals surface area contributed by atoms with Gasteiger partial charge in [0.15, 0.2) is 0 Å². The van der Waals surface area contributed by atoms with Gasteiger partial charge in [0.25, 0.3) is 0 Å². The Morgan fingerprint density at radius 3 is 2.36 bits per heavy atom. The molecule has 1 aromatic carbocycles. The molecule has 14 heavy (non-hydrogen) atoms. The van der Waals surface area contributed by atoms with Crippen molar-refractivity contribution in [3.8, 4) is 5.75 Å². The number of ether oxygens (including phenoxy) is 1. The van der Waals surface area contributed by atoms with Crippen LogP contribution >= 0.6 is 0 Å². The van der Waals surface area contributed by atoms with Crippen LogP contribution in [-0.2, 0) is 0 Å². The van der Waals surface area contributed by atoms with Gasteiger partial charge in [-0.2, -0.15) is 0 Å². The van der Waals surface area contributed by atoms with E-state index in [-0.39, 0.29) is 5.92 Å². The number of rotatable bonds is 3. The molecule has 0 aliphatic rings. The van der Waals surface area contributed by atoms with Crippen molar-refractivity contribution in [2.75, 3.05) is 7.11 Å². The number of methoxy groups -OCH3 is 1. The molecule has 0 aliphatic heterocycles. The monoisotopic (exact) mass is 194 g/mol. The van der Waals surface area contributed by atoms with Gasteiger partial charge in [0.05, 0.1) is 13.2 Å². The minimum absolute atomic E-state index is 0.224. The van der Waals surface area contributed by atoms with Crippen molar-refractivity contribution in [1.82, 2.24) is 0 Å². The van der Waals surface area contributed by atoms with Gasteiger partial charge in [0.1, 0.15) is 5.75 Å². The van der Waals surface area contributed by atoms with Gasteiger partial charge < -0.3 is 9.84 Å². The van der Waals surface area contributed by atoms with Gasteiger partial charge in [-0.3, -0.25) is 0 Å². The van der Waals surface area contributed by atoms with Gasteiger partial charge >= 0.3 is 0 Å². The predicted molar refractivity (Wildman–Crippen MR) is 57.5 cm³/mol. The highest BCUT2D eigenvalue weighted by Gasteiger charge is 2.12. The van der Waals surface area contributed by atoms with Gasteiger partial charge in [0.2, 0.25) is 0 Å². The molecule has 1 rings (SSSR count). The van der Waals surface area contributed by atoms with Gasteiger partial charge in [-0.1, -0.05) is 19.9 Å². The summed E-state index contributed by atoms with van der Waals surface area (Å²) in [6.07, 6.45) is -0.413. The molecule has 0 saturated carbocycles. The molecule has 0 aliphatic carbocycles. The van der Waals surface area contributed by atoms with Crippen molar-refractivity contribution in [2.24, 2.45) is 5.92 Å². The molecule has 78 valence electrons. The predicted octanol–water partition coefficient (Wildman–Crippen LogP) is 2.69. The lowest BCUT2D eigenvalue weighted by Gasteiger charge is -2.16. The van der Waals surface area contributed by atoms with Gasteiger partial charge in [-0.05, 0) is 36.1 Å². The van der Waals surface area contributed by atoms with Crippen LogP contribution in [0, 0.1) is 12.8 Å². The van der Waals surface area contributed by atoms with E-state index in [2.05, 4.69) is 0 Å². The zero-order chi connectivity index (χ0) is 10.7. The van der Waals surface area contributed by atoms with E-state index in [0.717, 1.165) is 16.9 Å². The molecule has 1 N–H and O–H groups in total. The highest BCUT2D eigenvalue weighted by atomic mass is 16.5. The molecule has 0 saturated heterocycles. The molecular formula is C12H18O2. The molecule has 0 spiro atoms. The quantitative estimate of drug-likeness (QED) is 0.801. The fourth-order valence-corrected chi connectivity index (χ4v) is 1.45. The second-order valence-corrected chi connectivity index (χ2v) is 3.97. The highest BCUT2D eigenvalue weighted by Crippen LogP contribution is 2.26. The number of aliphatic hydroxyl groups excluding tert-OH is 1. The molecule has 0 amide bonds. The Kier molecular flexibility index (Phi) is 3.53. The van der Waals surface area contributed by atoms with Crippen LogP contribution in [0.1, 0.15) is 31.1 Å². The van der Waals surface area contributed by atoms with E-state index in [4.69, 9.17) is 4.74 Å². The largest absolute Gasteiger partial charge is 0.497 e. The lowest BCUT2D eigenvalue weighted by atomic mass is 9.97. The Morgan fingerprint density at radius 2 is 1.86 bits per heavy atom. The maximum absolute atomic E-state index is 9.89. The van der Waals surface area contributed by atoms with E-state index >= 15 is 0 Å². The number of hydrogen-bond donors (Lipinski definition) is 1. The number of aliphatic hydroxyl groups is 1. The van der Waals surface area contributed by atoms with E-state index in [9.17, 15) is 5.11 Å². The van der Waals surface area contributed by atoms with E-state index in [1.807, 2.05) is 39.0 Å². The first-order chi connectivity index (χ1) is 6.54. The van der Waals surface area contributed by atoms with Crippen molar-refractivity contribution >= 4 is 0 Å². The van der Waals surface area contributed by atoms with Crippen LogP contribution in [0.4, 0.5) is 0 Å². The van der Waals surface area contributed by atoms with Crippen LogP contribution in [0.15, 0.2) is 18.2 Å². The van der Waals surface area contributed by atoms with Crippen LogP contribution in [0.5, 0.6) is 5.75 Å². The average Bonchev–Trinajstić information content (AvgIpc) is 2.15. The normalized spacial score (nSPS) is 13.0. The van der Waals surface area contributed by atoms with Gasteiger partial charge in [0, 0.05) is 0 Å². The molecule has 0 fully saturated rings. The summed E-state index contributed by atoms with van der Waals surface area (Å²) >= 11 is 0. The maximum Gasteiger partial charge on any atom is 0.119 e. The number of benzene rings is 1. The summed E-state index contributed by atoms with van der Waals surface area (Å²) in [5.74, 6) is 1.03. The van der Waals surface area contributed by atoms with E-state index in [1.165, 1.54) is 0 Å². The third-order valence-electron chi connectivity index (χ3n) is 2.28. The average molecular weight is 194 g/mol. The second-order valence-electron chi connectivity index (χ2n) is 3.97. The lowest BCUT2D eigenvalue weighted by molar-refractivity contribution is 0.126. The van der Waals surface area contributed by atoms with Crippen molar-refractivity contribution in [3.05, 3.63) is 29.3 Å². The minimum atomic E-state index is -0.413. The topological polar surface area (TPSA) is 29.5 Å². The van der Waals surface area contributed by atoms with Crippen LogP contribution < -0.4 is 4.74 Å². The Labute approximate surface area is 85.5 Å². The zero-order valence-corrected chi connectivity index (χ0v) is 9.24. The number of aryl methyl sites for hydroxylation is 1. The standard InChI is InChI=1S/C12H18O2/c1-8(2)12(13)10-5-9(3)6-11(7-10)14-4/h5-8,12-13H,1-4H3. The first kappa shape index (κ1) is 11.1. The molecule has 2 heteroatoms. The third kappa shape index (κ3) is 2.48. The summed E-state index contributed by atoms with van der Waals surface area (Å²) in [5, 5.41) is 9.89. The minimum Gasteiger partial charge on any atom is -0.497 e. The summed E-state index contributed by atoms with van der Waals surface area (Å²) in [4.78, 5) is 0. The van der Waals surface area contributed by atoms with Crippen molar-refractivity contribution in [2.45, 2.75) is 26.9 Å². The molecule has 1 atom stereocenters. The van der Waals surface area contributed by atoms with Crippen LogP contribution in [0.3, 0.4) is 0 Å². The first-order valence-corrected chi connectivity index (χ1v) is 4.88. The molecule has 0 aromatic heterocycles. The first-order valence-electron chi connectivity index (χ1n) is 4.88. The fourth-order valence-electron chi connectivity index (χ4n) is 1.45. The molecule has 0 heterocycles. The second kappa shape index (κ2) is 4.47. The van der Waals surface area contributed by atoms with Crippen LogP contribution in [-0.4, -0.2) is 12.2 Å². The summed E-state index contributed by atoms with van der Waals surface area (Å²) in [7, 11) is 1.64. The summed E-state index contributed by atoms with van der Waals surface area (Å²) in [6.45, 7) is 6.00. The molecule has 1 unspecified atom stereocenters. The summed E-state index contributed by atoms with van der Waals surface area (Å²) in [5.41, 5.74) is 2.04. The number of hydrogen-bond acceptors (Lipinski definition) is 2. The Bertz CT molecular complexity index is 305. The van der Waals surface area contributed by atoms with E-state index in [1.54, 1.807) is 7.11 Å². The van der Waals surface area contributed by atoms with Gasteiger partial charge in [-0.15, -0.1) is 0 Å².